The SMILES string of the molecule is CC1CC(N/C=C/C(=O)O)C1. The predicted molar refractivity (Wildman–Crippen MR) is 42.1 cm³/mol. The molecule has 0 atom stereocenters. The number of rotatable bonds is 3. The second-order valence-electron chi connectivity index (χ2n) is 3.11. The summed E-state index contributed by atoms with van der Waals surface area (Å²) in [7, 11) is 0. The summed E-state index contributed by atoms with van der Waals surface area (Å²) in [5.74, 6) is -0.101. The molecule has 0 bridgehead atoms. The van der Waals surface area contributed by atoms with E-state index in [1.165, 1.54) is 6.20 Å². The van der Waals surface area contributed by atoms with Crippen molar-refractivity contribution in [3.8, 4) is 0 Å². The van der Waals surface area contributed by atoms with Crippen LogP contribution in [-0.2, 0) is 4.79 Å². The van der Waals surface area contributed by atoms with E-state index in [-0.39, 0.29) is 0 Å². The third-order valence-corrected chi connectivity index (χ3v) is 1.93. The molecule has 0 heterocycles. The fraction of sp³-hybridized carbons (Fsp3) is 0.625. The summed E-state index contributed by atoms with van der Waals surface area (Å²) >= 11 is 0. The lowest BCUT2D eigenvalue weighted by Gasteiger charge is -2.32. The molecular weight excluding hydrogens is 142 g/mol. The normalized spacial score (nSPS) is 29.9. The van der Waals surface area contributed by atoms with Gasteiger partial charge in [0.05, 0.1) is 0 Å². The molecule has 0 saturated heterocycles. The minimum absolute atomic E-state index is 0.501. The number of aliphatic carboxylic acids is 1. The van der Waals surface area contributed by atoms with Crippen molar-refractivity contribution in [2.45, 2.75) is 25.8 Å². The Morgan fingerprint density at radius 2 is 2.27 bits per heavy atom. The Kier molecular flexibility index (Phi) is 2.52. The van der Waals surface area contributed by atoms with E-state index in [4.69, 9.17) is 5.11 Å². The van der Waals surface area contributed by atoms with Gasteiger partial charge in [-0.15, -0.1) is 0 Å². The van der Waals surface area contributed by atoms with E-state index in [0.29, 0.717) is 6.04 Å². The molecule has 0 aromatic carbocycles. The average molecular weight is 155 g/mol. The molecule has 3 heteroatoms. The second kappa shape index (κ2) is 3.42. The smallest absolute Gasteiger partial charge is 0.329 e. The van der Waals surface area contributed by atoms with Crippen LogP contribution in [0, 0.1) is 5.92 Å². The number of hydrogen-bond donors (Lipinski definition) is 2. The fourth-order valence-electron chi connectivity index (χ4n) is 1.29. The summed E-state index contributed by atoms with van der Waals surface area (Å²) in [6.45, 7) is 2.19. The molecular formula is C8H13NO2. The standard InChI is InChI=1S/C8H13NO2/c1-6-4-7(5-6)9-3-2-8(10)11/h2-3,6-7,9H,4-5H2,1H3,(H,10,11)/b3-2+. The van der Waals surface area contributed by atoms with Crippen molar-refractivity contribution in [1.82, 2.24) is 5.32 Å². The Morgan fingerprint density at radius 3 is 2.73 bits per heavy atom. The summed E-state index contributed by atoms with van der Waals surface area (Å²) in [4.78, 5) is 10.0. The van der Waals surface area contributed by atoms with Crippen LogP contribution in [0.4, 0.5) is 0 Å². The van der Waals surface area contributed by atoms with Gasteiger partial charge in [0.1, 0.15) is 0 Å². The third kappa shape index (κ3) is 2.62. The molecule has 62 valence electrons. The lowest BCUT2D eigenvalue weighted by molar-refractivity contribution is -0.131. The minimum atomic E-state index is -0.898. The van der Waals surface area contributed by atoms with Crippen LogP contribution in [-0.4, -0.2) is 17.1 Å². The van der Waals surface area contributed by atoms with Gasteiger partial charge in [0.2, 0.25) is 0 Å². The van der Waals surface area contributed by atoms with Crippen LogP contribution in [0.5, 0.6) is 0 Å². The fourth-order valence-corrected chi connectivity index (χ4v) is 1.29. The maximum atomic E-state index is 10.0. The zero-order valence-electron chi connectivity index (χ0n) is 6.58. The predicted octanol–water partition coefficient (Wildman–Crippen LogP) is 0.973. The molecule has 0 aliphatic heterocycles. The Morgan fingerprint density at radius 1 is 1.64 bits per heavy atom. The first-order chi connectivity index (χ1) is 5.18. The third-order valence-electron chi connectivity index (χ3n) is 1.93. The lowest BCUT2D eigenvalue weighted by atomic mass is 9.82. The summed E-state index contributed by atoms with van der Waals surface area (Å²) in [5, 5.41) is 11.3. The number of carboxylic acids is 1. The van der Waals surface area contributed by atoms with Crippen LogP contribution in [0.3, 0.4) is 0 Å². The topological polar surface area (TPSA) is 49.3 Å². The molecule has 0 aromatic rings. The minimum Gasteiger partial charge on any atom is -0.478 e. The Labute approximate surface area is 66.1 Å². The summed E-state index contributed by atoms with van der Waals surface area (Å²) in [5.41, 5.74) is 0. The van der Waals surface area contributed by atoms with Gasteiger partial charge in [-0.1, -0.05) is 6.92 Å². The molecule has 0 radical (unpaired) electrons. The van der Waals surface area contributed by atoms with Crippen LogP contribution < -0.4 is 5.32 Å². The van der Waals surface area contributed by atoms with E-state index in [0.717, 1.165) is 24.8 Å². The Balaban J connectivity index is 2.09. The van der Waals surface area contributed by atoms with E-state index >= 15 is 0 Å². The molecule has 1 aliphatic carbocycles. The Bertz CT molecular complexity index is 171. The molecule has 0 amide bonds. The van der Waals surface area contributed by atoms with E-state index in [1.54, 1.807) is 0 Å². The summed E-state index contributed by atoms with van der Waals surface area (Å²) in [6.07, 6.45) is 4.95. The zero-order valence-corrected chi connectivity index (χ0v) is 6.58. The van der Waals surface area contributed by atoms with Crippen molar-refractivity contribution >= 4 is 5.97 Å². The maximum Gasteiger partial charge on any atom is 0.329 e. The molecule has 3 nitrogen and oxygen atoms in total. The Hall–Kier alpha value is -0.990. The van der Waals surface area contributed by atoms with E-state index in [9.17, 15) is 4.79 Å². The maximum absolute atomic E-state index is 10.0. The lowest BCUT2D eigenvalue weighted by Crippen LogP contribution is -2.37. The quantitative estimate of drug-likeness (QED) is 0.597. The van der Waals surface area contributed by atoms with Gasteiger partial charge >= 0.3 is 5.97 Å². The highest BCUT2D eigenvalue weighted by Gasteiger charge is 2.23. The monoisotopic (exact) mass is 155 g/mol. The van der Waals surface area contributed by atoms with Gasteiger partial charge in [-0.2, -0.15) is 0 Å². The van der Waals surface area contributed by atoms with Crippen molar-refractivity contribution in [3.63, 3.8) is 0 Å². The summed E-state index contributed by atoms with van der Waals surface area (Å²) < 4.78 is 0. The van der Waals surface area contributed by atoms with Crippen molar-refractivity contribution in [2.75, 3.05) is 0 Å². The van der Waals surface area contributed by atoms with Crippen molar-refractivity contribution in [2.24, 2.45) is 5.92 Å². The van der Waals surface area contributed by atoms with Gasteiger partial charge in [0.25, 0.3) is 0 Å². The highest BCUT2D eigenvalue weighted by molar-refractivity contribution is 5.79. The first kappa shape index (κ1) is 8.11. The van der Waals surface area contributed by atoms with Gasteiger partial charge < -0.3 is 10.4 Å². The van der Waals surface area contributed by atoms with Gasteiger partial charge in [-0.05, 0) is 18.8 Å². The largest absolute Gasteiger partial charge is 0.478 e. The molecule has 0 aromatic heterocycles. The number of carboxylic acid groups (broad SMARTS) is 1. The molecule has 1 rings (SSSR count). The van der Waals surface area contributed by atoms with Crippen LogP contribution in [0.15, 0.2) is 12.3 Å². The van der Waals surface area contributed by atoms with Crippen molar-refractivity contribution < 1.29 is 9.90 Å². The van der Waals surface area contributed by atoms with Gasteiger partial charge in [-0.3, -0.25) is 0 Å². The van der Waals surface area contributed by atoms with E-state index < -0.39 is 5.97 Å². The van der Waals surface area contributed by atoms with Crippen molar-refractivity contribution in [1.29, 1.82) is 0 Å². The van der Waals surface area contributed by atoms with E-state index in [1.807, 2.05) is 0 Å². The zero-order chi connectivity index (χ0) is 8.27. The van der Waals surface area contributed by atoms with Crippen LogP contribution in [0.2, 0.25) is 0 Å². The number of nitrogens with one attached hydrogen (secondary N) is 1. The van der Waals surface area contributed by atoms with Crippen LogP contribution >= 0.6 is 0 Å². The first-order valence-electron chi connectivity index (χ1n) is 3.84. The summed E-state index contributed by atoms with van der Waals surface area (Å²) in [6, 6.07) is 0.501. The molecule has 1 saturated carbocycles. The first-order valence-corrected chi connectivity index (χ1v) is 3.84. The molecule has 1 fully saturated rings. The molecule has 2 N–H and O–H groups in total. The van der Waals surface area contributed by atoms with Crippen LogP contribution in [0.25, 0.3) is 0 Å². The van der Waals surface area contributed by atoms with Gasteiger partial charge in [-0.25, -0.2) is 4.79 Å². The van der Waals surface area contributed by atoms with Gasteiger partial charge in [0, 0.05) is 18.3 Å². The average Bonchev–Trinajstić information content (AvgIpc) is 1.83. The molecule has 11 heavy (non-hydrogen) atoms. The molecule has 0 unspecified atom stereocenters. The number of carbonyl (C=O) groups is 1. The van der Waals surface area contributed by atoms with Crippen LogP contribution in [0.1, 0.15) is 19.8 Å². The van der Waals surface area contributed by atoms with E-state index in [2.05, 4.69) is 12.2 Å². The van der Waals surface area contributed by atoms with Crippen molar-refractivity contribution in [3.05, 3.63) is 12.3 Å². The molecule has 1 aliphatic rings. The highest BCUT2D eigenvalue weighted by atomic mass is 16.4. The molecule has 0 spiro atoms. The van der Waals surface area contributed by atoms with Gasteiger partial charge in [0.15, 0.2) is 0 Å². The highest BCUT2D eigenvalue weighted by Crippen LogP contribution is 2.25. The number of hydrogen-bond acceptors (Lipinski definition) is 2. The second-order valence-corrected chi connectivity index (χ2v) is 3.11.